The molecule has 1 aromatic heterocycles. The molecule has 0 saturated carbocycles. The van der Waals surface area contributed by atoms with Gasteiger partial charge in [-0.25, -0.2) is 4.68 Å². The van der Waals surface area contributed by atoms with Crippen molar-refractivity contribution in [2.24, 2.45) is 0 Å². The highest BCUT2D eigenvalue weighted by Crippen LogP contribution is 2.27. The molecule has 3 rings (SSSR count). The van der Waals surface area contributed by atoms with E-state index >= 15 is 0 Å². The Hall–Kier alpha value is -1.62. The van der Waals surface area contributed by atoms with Crippen LogP contribution in [0.1, 0.15) is 5.56 Å². The van der Waals surface area contributed by atoms with Crippen LogP contribution in [0.3, 0.4) is 0 Å². The number of nitrogens with one attached hydrogen (secondary N) is 1. The number of rotatable bonds is 3. The van der Waals surface area contributed by atoms with Gasteiger partial charge in [-0.15, -0.1) is 0 Å². The topological polar surface area (TPSA) is 41.7 Å². The predicted octanol–water partition coefficient (Wildman–Crippen LogP) is 4.45. The zero-order valence-corrected chi connectivity index (χ0v) is 13.2. The zero-order valence-electron chi connectivity index (χ0n) is 10.9. The molecule has 0 radical (unpaired) electrons. The third kappa shape index (κ3) is 3.18. The molecule has 3 nitrogen and oxygen atoms in total. The van der Waals surface area contributed by atoms with Crippen LogP contribution in [-0.4, -0.2) is 9.78 Å². The van der Waals surface area contributed by atoms with Crippen molar-refractivity contribution < 1.29 is 0 Å². The van der Waals surface area contributed by atoms with Crippen LogP contribution in [0.4, 0.5) is 0 Å². The Morgan fingerprint density at radius 2 is 1.76 bits per heavy atom. The van der Waals surface area contributed by atoms with Gasteiger partial charge in [0.2, 0.25) is 4.80 Å². The molecule has 0 aliphatic heterocycles. The first-order valence-electron chi connectivity index (χ1n) is 6.25. The van der Waals surface area contributed by atoms with E-state index in [2.05, 4.69) is 5.10 Å². The molecule has 0 spiro atoms. The molecule has 21 heavy (non-hydrogen) atoms. The maximum absolute atomic E-state index is 8.05. The Morgan fingerprint density at radius 3 is 2.48 bits per heavy atom. The van der Waals surface area contributed by atoms with Gasteiger partial charge in [0.25, 0.3) is 0 Å². The zero-order chi connectivity index (χ0) is 14.8. The van der Waals surface area contributed by atoms with Gasteiger partial charge in [0.05, 0.1) is 11.6 Å². The predicted molar refractivity (Wildman–Crippen MR) is 87.0 cm³/mol. The molecule has 0 unspecified atom stereocenters. The van der Waals surface area contributed by atoms with E-state index in [4.69, 9.17) is 28.6 Å². The number of hydrogen-bond acceptors (Lipinski definition) is 3. The third-order valence-electron chi connectivity index (χ3n) is 2.99. The molecule has 0 amide bonds. The molecule has 0 aliphatic carbocycles. The van der Waals surface area contributed by atoms with Crippen molar-refractivity contribution in [3.63, 3.8) is 0 Å². The van der Waals surface area contributed by atoms with Crippen molar-refractivity contribution in [2.45, 2.75) is 6.54 Å². The molecule has 0 bridgehead atoms. The first-order chi connectivity index (χ1) is 10.1. The van der Waals surface area contributed by atoms with Crippen molar-refractivity contribution in [1.82, 2.24) is 9.78 Å². The Balaban J connectivity index is 1.93. The van der Waals surface area contributed by atoms with Crippen LogP contribution in [0.5, 0.6) is 0 Å². The van der Waals surface area contributed by atoms with Crippen LogP contribution in [0.25, 0.3) is 10.6 Å². The molecular weight excluding hydrogens is 325 g/mol. The maximum Gasteiger partial charge on any atom is 0.200 e. The lowest BCUT2D eigenvalue weighted by atomic mass is 10.2. The number of nitrogens with zero attached hydrogens (tertiary/aromatic N) is 2. The third-order valence-corrected chi connectivity index (χ3v) is 4.47. The molecule has 2 aromatic carbocycles. The fourth-order valence-electron chi connectivity index (χ4n) is 1.93. The molecule has 0 aliphatic rings. The lowest BCUT2D eigenvalue weighted by Crippen LogP contribution is -2.15. The standard InChI is InChI=1S/C15H11Cl2N3S/c16-11-7-5-10(6-8-11)9-20-15(18)21-14(19-20)12-3-1-2-4-13(12)17/h1-8,18H,9H2. The molecular formula is C15H11Cl2N3S. The Bertz CT molecular complexity index is 821. The van der Waals surface area contributed by atoms with E-state index in [0.29, 0.717) is 21.4 Å². The average molecular weight is 336 g/mol. The summed E-state index contributed by atoms with van der Waals surface area (Å²) in [5.74, 6) is 0. The number of aromatic nitrogens is 2. The summed E-state index contributed by atoms with van der Waals surface area (Å²) in [6.45, 7) is 0.539. The van der Waals surface area contributed by atoms with Crippen LogP contribution in [0.2, 0.25) is 10.0 Å². The van der Waals surface area contributed by atoms with E-state index in [0.717, 1.165) is 16.1 Å². The first kappa shape index (κ1) is 14.3. The molecule has 106 valence electrons. The molecule has 1 N–H and O–H groups in total. The minimum absolute atomic E-state index is 0.389. The molecule has 1 heterocycles. The lowest BCUT2D eigenvalue weighted by Gasteiger charge is -2.02. The van der Waals surface area contributed by atoms with Crippen molar-refractivity contribution in [3.8, 4) is 10.6 Å². The normalized spacial score (nSPS) is 10.8. The van der Waals surface area contributed by atoms with Crippen molar-refractivity contribution in [3.05, 3.63) is 68.9 Å². The smallest absolute Gasteiger partial charge is 0.200 e. The fraction of sp³-hybridized carbons (Fsp3) is 0.0667. The van der Waals surface area contributed by atoms with Gasteiger partial charge in [0.1, 0.15) is 5.01 Å². The highest BCUT2D eigenvalue weighted by atomic mass is 35.5. The summed E-state index contributed by atoms with van der Waals surface area (Å²) >= 11 is 13.4. The molecule has 0 fully saturated rings. The second-order valence-corrected chi connectivity index (χ2v) is 6.30. The quantitative estimate of drug-likeness (QED) is 0.754. The first-order valence-corrected chi connectivity index (χ1v) is 7.82. The summed E-state index contributed by atoms with van der Waals surface area (Å²) in [6.07, 6.45) is 0. The van der Waals surface area contributed by atoms with E-state index in [-0.39, 0.29) is 0 Å². The van der Waals surface area contributed by atoms with E-state index < -0.39 is 0 Å². The van der Waals surface area contributed by atoms with Gasteiger partial charge in [-0.2, -0.15) is 5.10 Å². The monoisotopic (exact) mass is 335 g/mol. The highest BCUT2D eigenvalue weighted by molar-refractivity contribution is 7.12. The summed E-state index contributed by atoms with van der Waals surface area (Å²) in [5.41, 5.74) is 1.90. The Morgan fingerprint density at radius 1 is 1.05 bits per heavy atom. The van der Waals surface area contributed by atoms with E-state index in [1.54, 1.807) is 4.68 Å². The summed E-state index contributed by atoms with van der Waals surface area (Å²) in [4.78, 5) is 0.389. The van der Waals surface area contributed by atoms with Crippen LogP contribution in [0.15, 0.2) is 48.5 Å². The summed E-state index contributed by atoms with van der Waals surface area (Å²) in [7, 11) is 0. The number of benzene rings is 2. The Kier molecular flexibility index (Phi) is 4.10. The molecule has 0 atom stereocenters. The lowest BCUT2D eigenvalue weighted by molar-refractivity contribution is 0.651. The second-order valence-electron chi connectivity index (χ2n) is 4.48. The van der Waals surface area contributed by atoms with E-state index in [9.17, 15) is 0 Å². The van der Waals surface area contributed by atoms with Gasteiger partial charge >= 0.3 is 0 Å². The second kappa shape index (κ2) is 6.02. The highest BCUT2D eigenvalue weighted by Gasteiger charge is 2.09. The van der Waals surface area contributed by atoms with Crippen molar-refractivity contribution in [1.29, 1.82) is 5.41 Å². The maximum atomic E-state index is 8.05. The summed E-state index contributed by atoms with van der Waals surface area (Å²) in [6, 6.07) is 15.1. The average Bonchev–Trinajstić information content (AvgIpc) is 2.83. The van der Waals surface area contributed by atoms with E-state index in [1.807, 2.05) is 48.5 Å². The van der Waals surface area contributed by atoms with Crippen LogP contribution >= 0.6 is 34.5 Å². The van der Waals surface area contributed by atoms with Crippen LogP contribution in [-0.2, 0) is 6.54 Å². The SMILES string of the molecule is N=c1sc(-c2ccccc2Cl)nn1Cc1ccc(Cl)cc1. The van der Waals surface area contributed by atoms with E-state index in [1.165, 1.54) is 11.3 Å². The minimum atomic E-state index is 0.389. The molecule has 6 heteroatoms. The minimum Gasteiger partial charge on any atom is -0.274 e. The van der Waals surface area contributed by atoms with Gasteiger partial charge in [0.15, 0.2) is 0 Å². The van der Waals surface area contributed by atoms with Crippen molar-refractivity contribution >= 4 is 34.5 Å². The van der Waals surface area contributed by atoms with Gasteiger partial charge in [0, 0.05) is 10.6 Å². The number of halogens is 2. The molecule has 3 aromatic rings. The fourth-order valence-corrected chi connectivity index (χ4v) is 3.16. The van der Waals surface area contributed by atoms with Gasteiger partial charge in [-0.1, -0.05) is 64.9 Å². The van der Waals surface area contributed by atoms with Crippen molar-refractivity contribution in [2.75, 3.05) is 0 Å². The van der Waals surface area contributed by atoms with Gasteiger partial charge < -0.3 is 0 Å². The largest absolute Gasteiger partial charge is 0.274 e. The molecule has 0 saturated heterocycles. The van der Waals surface area contributed by atoms with Crippen LogP contribution < -0.4 is 4.80 Å². The number of hydrogen-bond donors (Lipinski definition) is 1. The van der Waals surface area contributed by atoms with Gasteiger partial charge in [-0.3, -0.25) is 5.41 Å². The summed E-state index contributed by atoms with van der Waals surface area (Å²) < 4.78 is 1.66. The van der Waals surface area contributed by atoms with Gasteiger partial charge in [-0.05, 0) is 23.8 Å². The summed E-state index contributed by atoms with van der Waals surface area (Å²) in [5, 5.41) is 14.6. The Labute approximate surface area is 135 Å². The van der Waals surface area contributed by atoms with Crippen LogP contribution in [0, 0.1) is 5.41 Å².